The summed E-state index contributed by atoms with van der Waals surface area (Å²) in [6.07, 6.45) is 1.69. The van der Waals surface area contributed by atoms with Gasteiger partial charge < -0.3 is 14.8 Å². The number of hydrogen-bond donors (Lipinski definition) is 1. The molecule has 35 heavy (non-hydrogen) atoms. The van der Waals surface area contributed by atoms with Gasteiger partial charge in [-0.25, -0.2) is 0 Å². The molecule has 3 aromatic rings. The molecule has 1 saturated heterocycles. The van der Waals surface area contributed by atoms with Gasteiger partial charge in [0.05, 0.1) is 26.5 Å². The SMILES string of the molecule is COc1cc(/C=C2\SC(=NC(=O)c3ccccc3)NC2=O)cc(Br)c1OCc1ccc(Cl)c(Cl)c1. The normalized spacial score (nSPS) is 15.4. The first-order chi connectivity index (χ1) is 16.8. The summed E-state index contributed by atoms with van der Waals surface area (Å²) < 4.78 is 12.1. The van der Waals surface area contributed by atoms with Gasteiger partial charge >= 0.3 is 0 Å². The van der Waals surface area contributed by atoms with E-state index in [-0.39, 0.29) is 17.7 Å². The Hall–Kier alpha value is -2.78. The Kier molecular flexibility index (Phi) is 8.18. The van der Waals surface area contributed by atoms with Gasteiger partial charge in [-0.1, -0.05) is 47.5 Å². The number of halogens is 3. The van der Waals surface area contributed by atoms with Crippen LogP contribution in [0.25, 0.3) is 6.08 Å². The molecule has 0 bridgehead atoms. The molecule has 2 amide bonds. The number of methoxy groups -OCH3 is 1. The van der Waals surface area contributed by atoms with E-state index in [1.165, 1.54) is 7.11 Å². The van der Waals surface area contributed by atoms with E-state index < -0.39 is 5.91 Å². The van der Waals surface area contributed by atoms with Gasteiger partial charge in [0.15, 0.2) is 16.7 Å². The number of aliphatic imine (C=N–C) groups is 1. The summed E-state index contributed by atoms with van der Waals surface area (Å²) in [6, 6.07) is 17.5. The van der Waals surface area contributed by atoms with E-state index in [0.29, 0.717) is 42.0 Å². The third-order valence-corrected chi connectivity index (χ3v) is 7.03. The first kappa shape index (κ1) is 25.3. The highest BCUT2D eigenvalue weighted by atomic mass is 79.9. The molecule has 4 rings (SSSR count). The van der Waals surface area contributed by atoms with E-state index in [2.05, 4.69) is 26.2 Å². The zero-order chi connectivity index (χ0) is 24.9. The van der Waals surface area contributed by atoms with Gasteiger partial charge in [-0.15, -0.1) is 0 Å². The zero-order valence-electron chi connectivity index (χ0n) is 18.2. The maximum Gasteiger partial charge on any atom is 0.279 e. The van der Waals surface area contributed by atoms with Gasteiger partial charge in [-0.3, -0.25) is 9.59 Å². The summed E-state index contributed by atoms with van der Waals surface area (Å²) in [7, 11) is 1.53. The quantitative estimate of drug-likeness (QED) is 0.321. The maximum atomic E-state index is 12.4. The monoisotopic (exact) mass is 590 g/mol. The van der Waals surface area contributed by atoms with Crippen LogP contribution in [0, 0.1) is 0 Å². The van der Waals surface area contributed by atoms with Crippen LogP contribution in [0.2, 0.25) is 10.0 Å². The molecule has 10 heteroatoms. The number of hydrogen-bond acceptors (Lipinski definition) is 5. The Morgan fingerprint density at radius 3 is 2.60 bits per heavy atom. The van der Waals surface area contributed by atoms with E-state index >= 15 is 0 Å². The molecule has 3 aromatic carbocycles. The highest BCUT2D eigenvalue weighted by Crippen LogP contribution is 2.39. The second-order valence-electron chi connectivity index (χ2n) is 7.22. The summed E-state index contributed by atoms with van der Waals surface area (Å²) in [5.74, 6) is 0.204. The van der Waals surface area contributed by atoms with Crippen molar-refractivity contribution in [2.45, 2.75) is 6.61 Å². The molecule has 0 saturated carbocycles. The van der Waals surface area contributed by atoms with E-state index in [0.717, 1.165) is 17.3 Å². The van der Waals surface area contributed by atoms with Gasteiger partial charge in [0.25, 0.3) is 11.8 Å². The fraction of sp³-hybridized carbons (Fsp3) is 0.0800. The van der Waals surface area contributed by atoms with Gasteiger partial charge in [0.2, 0.25) is 0 Å². The fourth-order valence-corrected chi connectivity index (χ4v) is 4.83. The Bertz CT molecular complexity index is 1360. The van der Waals surface area contributed by atoms with Crippen LogP contribution in [-0.4, -0.2) is 24.1 Å². The van der Waals surface area contributed by atoms with Crippen molar-refractivity contribution in [1.29, 1.82) is 0 Å². The molecule has 1 aliphatic rings. The lowest BCUT2D eigenvalue weighted by molar-refractivity contribution is -0.115. The van der Waals surface area contributed by atoms with Crippen molar-refractivity contribution in [2.75, 3.05) is 7.11 Å². The van der Waals surface area contributed by atoms with Crippen LogP contribution in [0.4, 0.5) is 0 Å². The third-order valence-electron chi connectivity index (χ3n) is 4.79. The summed E-state index contributed by atoms with van der Waals surface area (Å²) in [5.41, 5.74) is 1.98. The van der Waals surface area contributed by atoms with Crippen molar-refractivity contribution >= 4 is 74.0 Å². The van der Waals surface area contributed by atoms with Gasteiger partial charge in [0.1, 0.15) is 6.61 Å². The van der Waals surface area contributed by atoms with Crippen LogP contribution < -0.4 is 14.8 Å². The van der Waals surface area contributed by atoms with Gasteiger partial charge in [-0.05, 0) is 81.3 Å². The highest BCUT2D eigenvalue weighted by Gasteiger charge is 2.25. The molecule has 1 aliphatic heterocycles. The topological polar surface area (TPSA) is 77.0 Å². The molecule has 0 aromatic heterocycles. The van der Waals surface area contributed by atoms with Gasteiger partial charge in [0, 0.05) is 5.56 Å². The lowest BCUT2D eigenvalue weighted by Crippen LogP contribution is -2.20. The van der Waals surface area contributed by atoms with Crippen molar-refractivity contribution in [2.24, 2.45) is 4.99 Å². The van der Waals surface area contributed by atoms with Gasteiger partial charge in [-0.2, -0.15) is 4.99 Å². The average molecular weight is 592 g/mol. The standard InChI is InChI=1S/C25H17BrCl2N2O4S/c1-33-20-11-15(9-17(26)22(20)34-13-14-7-8-18(27)19(28)10-14)12-21-24(32)30-25(35-21)29-23(31)16-5-3-2-4-6-16/h2-12H,13H2,1H3,(H,29,30,31,32)/b21-12-. The van der Waals surface area contributed by atoms with E-state index in [1.54, 1.807) is 54.6 Å². The molecular weight excluding hydrogens is 575 g/mol. The second-order valence-corrected chi connectivity index (χ2v) is 9.92. The number of amidine groups is 1. The first-order valence-electron chi connectivity index (χ1n) is 10.2. The number of benzene rings is 3. The van der Waals surface area contributed by atoms with Crippen LogP contribution >= 0.6 is 50.9 Å². The highest BCUT2D eigenvalue weighted by molar-refractivity contribution is 9.10. The Morgan fingerprint density at radius 2 is 1.89 bits per heavy atom. The minimum Gasteiger partial charge on any atom is -0.493 e. The summed E-state index contributed by atoms with van der Waals surface area (Å²) >= 11 is 16.7. The number of amides is 2. The molecule has 1 heterocycles. The number of nitrogens with one attached hydrogen (secondary N) is 1. The number of nitrogens with zero attached hydrogens (tertiary/aromatic N) is 1. The predicted molar refractivity (Wildman–Crippen MR) is 143 cm³/mol. The van der Waals surface area contributed by atoms with Crippen LogP contribution in [0.3, 0.4) is 0 Å². The number of carbonyl (C=O) groups is 2. The first-order valence-corrected chi connectivity index (χ1v) is 12.5. The van der Waals surface area contributed by atoms with Crippen molar-refractivity contribution < 1.29 is 19.1 Å². The lowest BCUT2D eigenvalue weighted by atomic mass is 10.2. The molecule has 0 aliphatic carbocycles. The third kappa shape index (κ3) is 6.27. The van der Waals surface area contributed by atoms with Crippen LogP contribution in [0.15, 0.2) is 75.0 Å². The summed E-state index contributed by atoms with van der Waals surface area (Å²) in [5, 5.41) is 3.76. The summed E-state index contributed by atoms with van der Waals surface area (Å²) in [6.45, 7) is 0.250. The number of ether oxygens (including phenoxy) is 2. The average Bonchev–Trinajstić information content (AvgIpc) is 3.18. The number of carbonyl (C=O) groups excluding carboxylic acids is 2. The smallest absolute Gasteiger partial charge is 0.279 e. The maximum absolute atomic E-state index is 12.4. The molecule has 1 fully saturated rings. The Morgan fingerprint density at radius 1 is 1.11 bits per heavy atom. The summed E-state index contributed by atoms with van der Waals surface area (Å²) in [4.78, 5) is 29.2. The van der Waals surface area contributed by atoms with Crippen LogP contribution in [-0.2, 0) is 11.4 Å². The largest absolute Gasteiger partial charge is 0.493 e. The van der Waals surface area contributed by atoms with Crippen molar-refractivity contribution in [3.05, 3.63) is 96.8 Å². The Labute approximate surface area is 224 Å². The molecule has 1 N–H and O–H groups in total. The predicted octanol–water partition coefficient (Wildman–Crippen LogP) is 6.74. The molecule has 0 atom stereocenters. The minimum atomic E-state index is -0.428. The Balaban J connectivity index is 1.52. The molecular formula is C25H17BrCl2N2O4S. The number of thioether (sulfide) groups is 1. The molecule has 0 spiro atoms. The van der Waals surface area contributed by atoms with Crippen LogP contribution in [0.1, 0.15) is 21.5 Å². The zero-order valence-corrected chi connectivity index (χ0v) is 22.1. The minimum absolute atomic E-state index is 0.225. The van der Waals surface area contributed by atoms with Crippen molar-refractivity contribution in [1.82, 2.24) is 5.32 Å². The van der Waals surface area contributed by atoms with E-state index in [9.17, 15) is 9.59 Å². The second kappa shape index (κ2) is 11.3. The molecule has 178 valence electrons. The lowest BCUT2D eigenvalue weighted by Gasteiger charge is -2.14. The van der Waals surface area contributed by atoms with Crippen LogP contribution in [0.5, 0.6) is 11.5 Å². The van der Waals surface area contributed by atoms with E-state index in [4.69, 9.17) is 32.7 Å². The fourth-order valence-electron chi connectivity index (χ4n) is 3.12. The van der Waals surface area contributed by atoms with Crippen molar-refractivity contribution in [3.63, 3.8) is 0 Å². The molecule has 0 unspecified atom stereocenters. The molecule has 0 radical (unpaired) electrons. The number of rotatable bonds is 6. The molecule has 6 nitrogen and oxygen atoms in total. The van der Waals surface area contributed by atoms with E-state index in [1.807, 2.05) is 12.1 Å². The van der Waals surface area contributed by atoms with Crippen molar-refractivity contribution in [3.8, 4) is 11.5 Å².